The zero-order valence-corrected chi connectivity index (χ0v) is 8.83. The minimum Gasteiger partial charge on any atom is -0.461 e. The Morgan fingerprint density at radius 3 is 3.19 bits per heavy atom. The van der Waals surface area contributed by atoms with Crippen LogP contribution in [0.3, 0.4) is 0 Å². The van der Waals surface area contributed by atoms with Gasteiger partial charge in [0.1, 0.15) is 12.7 Å². The van der Waals surface area contributed by atoms with Gasteiger partial charge in [0.15, 0.2) is 0 Å². The summed E-state index contributed by atoms with van der Waals surface area (Å²) in [6.07, 6.45) is 1.47. The van der Waals surface area contributed by atoms with Crippen molar-refractivity contribution < 1.29 is 19.3 Å². The lowest BCUT2D eigenvalue weighted by molar-refractivity contribution is -0.102. The lowest BCUT2D eigenvalue weighted by Gasteiger charge is -2.22. The first-order chi connectivity index (χ1) is 7.88. The third-order valence-corrected chi connectivity index (χ3v) is 2.14. The van der Waals surface area contributed by atoms with Crippen molar-refractivity contribution in [2.45, 2.75) is 12.7 Å². The van der Waals surface area contributed by atoms with Crippen molar-refractivity contribution in [1.82, 2.24) is 9.97 Å². The molecule has 1 N–H and O–H groups in total. The van der Waals surface area contributed by atoms with Crippen LogP contribution in [0.5, 0.6) is 6.01 Å². The molecule has 2 heterocycles. The van der Waals surface area contributed by atoms with Crippen LogP contribution in [0.25, 0.3) is 0 Å². The maximum Gasteiger partial charge on any atom is 0.316 e. The van der Waals surface area contributed by atoms with Gasteiger partial charge in [-0.3, -0.25) is 0 Å². The fourth-order valence-corrected chi connectivity index (χ4v) is 1.33. The molecule has 6 nitrogen and oxygen atoms in total. The first-order valence-electron chi connectivity index (χ1n) is 5.13. The largest absolute Gasteiger partial charge is 0.461 e. The van der Waals surface area contributed by atoms with Crippen LogP contribution in [0.2, 0.25) is 0 Å². The molecular formula is C10H14N2O4. The van der Waals surface area contributed by atoms with Crippen LogP contribution in [0.4, 0.5) is 0 Å². The number of ether oxygens (including phenoxy) is 3. The number of aliphatic hydroxyl groups excluding tert-OH is 1. The first-order valence-corrected chi connectivity index (χ1v) is 5.13. The van der Waals surface area contributed by atoms with Gasteiger partial charge < -0.3 is 19.3 Å². The topological polar surface area (TPSA) is 73.7 Å². The molecule has 0 aromatic carbocycles. The Labute approximate surface area is 93.2 Å². The standard InChI is InChI=1S/C10H14N2O4/c13-5-8-1-2-11-10(12-8)16-7-9-6-14-3-4-15-9/h1-2,9,13H,3-7H2. The summed E-state index contributed by atoms with van der Waals surface area (Å²) in [6, 6.07) is 1.88. The van der Waals surface area contributed by atoms with E-state index in [0.717, 1.165) is 0 Å². The van der Waals surface area contributed by atoms with Crippen molar-refractivity contribution in [3.63, 3.8) is 0 Å². The maximum atomic E-state index is 8.89. The second kappa shape index (κ2) is 5.74. The van der Waals surface area contributed by atoms with Gasteiger partial charge in [-0.2, -0.15) is 4.98 Å². The molecule has 6 heteroatoms. The maximum absolute atomic E-state index is 8.89. The van der Waals surface area contributed by atoms with Crippen molar-refractivity contribution in [2.24, 2.45) is 0 Å². The van der Waals surface area contributed by atoms with Gasteiger partial charge in [0.05, 0.1) is 32.1 Å². The van der Waals surface area contributed by atoms with Crippen molar-refractivity contribution >= 4 is 0 Å². The SMILES string of the molecule is OCc1ccnc(OCC2COCCO2)n1. The van der Waals surface area contributed by atoms with Crippen LogP contribution >= 0.6 is 0 Å². The Balaban J connectivity index is 1.83. The van der Waals surface area contributed by atoms with E-state index in [1.54, 1.807) is 12.3 Å². The summed E-state index contributed by atoms with van der Waals surface area (Å²) in [5, 5.41) is 8.89. The Bertz CT molecular complexity index is 328. The lowest BCUT2D eigenvalue weighted by Crippen LogP contribution is -2.33. The second-order valence-corrected chi connectivity index (χ2v) is 3.37. The molecule has 1 aromatic heterocycles. The second-order valence-electron chi connectivity index (χ2n) is 3.37. The van der Waals surface area contributed by atoms with Crippen LogP contribution in [0, 0.1) is 0 Å². The van der Waals surface area contributed by atoms with Crippen molar-refractivity contribution in [3.05, 3.63) is 18.0 Å². The molecule has 1 aromatic rings. The van der Waals surface area contributed by atoms with Gasteiger partial charge >= 0.3 is 6.01 Å². The van der Waals surface area contributed by atoms with Gasteiger partial charge in [-0.1, -0.05) is 0 Å². The minimum atomic E-state index is -0.123. The molecule has 0 aliphatic carbocycles. The number of aromatic nitrogens is 2. The average molecular weight is 226 g/mol. The normalized spacial score (nSPS) is 20.7. The summed E-state index contributed by atoms with van der Waals surface area (Å²) in [7, 11) is 0. The third-order valence-electron chi connectivity index (χ3n) is 2.14. The molecule has 1 unspecified atom stereocenters. The Morgan fingerprint density at radius 2 is 2.44 bits per heavy atom. The van der Waals surface area contributed by atoms with E-state index >= 15 is 0 Å². The van der Waals surface area contributed by atoms with Crippen molar-refractivity contribution in [1.29, 1.82) is 0 Å². The zero-order valence-electron chi connectivity index (χ0n) is 8.83. The molecule has 16 heavy (non-hydrogen) atoms. The number of hydrogen-bond acceptors (Lipinski definition) is 6. The first kappa shape index (κ1) is 11.3. The molecule has 1 aliphatic rings. The fourth-order valence-electron chi connectivity index (χ4n) is 1.33. The molecule has 1 saturated heterocycles. The Morgan fingerprint density at radius 1 is 1.50 bits per heavy atom. The van der Waals surface area contributed by atoms with Crippen LogP contribution in [0.15, 0.2) is 12.3 Å². The predicted molar refractivity (Wildman–Crippen MR) is 54.0 cm³/mol. The molecule has 1 aliphatic heterocycles. The van der Waals surface area contributed by atoms with Gasteiger partial charge in [0.2, 0.25) is 0 Å². The number of rotatable bonds is 4. The Hall–Kier alpha value is -1.24. The monoisotopic (exact) mass is 226 g/mol. The van der Waals surface area contributed by atoms with E-state index in [2.05, 4.69) is 9.97 Å². The third kappa shape index (κ3) is 3.13. The van der Waals surface area contributed by atoms with Crippen molar-refractivity contribution in [2.75, 3.05) is 26.4 Å². The molecule has 88 valence electrons. The van der Waals surface area contributed by atoms with E-state index < -0.39 is 0 Å². The fraction of sp³-hybridized carbons (Fsp3) is 0.600. The molecule has 1 fully saturated rings. The van der Waals surface area contributed by atoms with E-state index in [1.807, 2.05) is 0 Å². The number of nitrogens with zero attached hydrogens (tertiary/aromatic N) is 2. The quantitative estimate of drug-likeness (QED) is 0.764. The van der Waals surface area contributed by atoms with Crippen LogP contribution in [0.1, 0.15) is 5.69 Å². The van der Waals surface area contributed by atoms with E-state index in [-0.39, 0.29) is 18.7 Å². The van der Waals surface area contributed by atoms with E-state index in [4.69, 9.17) is 19.3 Å². The molecule has 1 atom stereocenters. The number of aliphatic hydroxyl groups is 1. The molecule has 0 spiro atoms. The molecular weight excluding hydrogens is 212 g/mol. The highest BCUT2D eigenvalue weighted by atomic mass is 16.6. The van der Waals surface area contributed by atoms with Crippen LogP contribution < -0.4 is 4.74 Å². The summed E-state index contributed by atoms with van der Waals surface area (Å²) in [5.74, 6) is 0. The van der Waals surface area contributed by atoms with Gasteiger partial charge in [-0.15, -0.1) is 0 Å². The Kier molecular flexibility index (Phi) is 4.03. The highest BCUT2D eigenvalue weighted by Crippen LogP contribution is 2.06. The molecule has 0 amide bonds. The zero-order chi connectivity index (χ0) is 11.2. The summed E-state index contributed by atoms with van der Waals surface area (Å²) in [6.45, 7) is 1.98. The smallest absolute Gasteiger partial charge is 0.316 e. The summed E-state index contributed by atoms with van der Waals surface area (Å²) in [4.78, 5) is 7.93. The number of hydrogen-bond donors (Lipinski definition) is 1. The van der Waals surface area contributed by atoms with Gasteiger partial charge in [-0.25, -0.2) is 4.98 Å². The van der Waals surface area contributed by atoms with E-state index in [1.165, 1.54) is 0 Å². The van der Waals surface area contributed by atoms with Gasteiger partial charge in [-0.05, 0) is 6.07 Å². The van der Waals surface area contributed by atoms with Gasteiger partial charge in [0.25, 0.3) is 0 Å². The predicted octanol–water partition coefficient (Wildman–Crippen LogP) is -0.237. The van der Waals surface area contributed by atoms with E-state index in [9.17, 15) is 0 Å². The molecule has 0 bridgehead atoms. The minimum absolute atomic E-state index is 0.0740. The lowest BCUT2D eigenvalue weighted by atomic mass is 10.4. The average Bonchev–Trinajstić information content (AvgIpc) is 2.38. The molecule has 0 saturated carbocycles. The highest BCUT2D eigenvalue weighted by molar-refractivity contribution is 5.04. The highest BCUT2D eigenvalue weighted by Gasteiger charge is 2.15. The molecule has 2 rings (SSSR count). The van der Waals surface area contributed by atoms with Crippen LogP contribution in [-0.2, 0) is 16.1 Å². The molecule has 0 radical (unpaired) electrons. The summed E-state index contributed by atoms with van der Waals surface area (Å²) in [5.41, 5.74) is 0.533. The summed E-state index contributed by atoms with van der Waals surface area (Å²) < 4.78 is 16.0. The van der Waals surface area contributed by atoms with Crippen LogP contribution in [-0.4, -0.2) is 47.6 Å². The summed E-state index contributed by atoms with van der Waals surface area (Å²) >= 11 is 0. The van der Waals surface area contributed by atoms with Crippen molar-refractivity contribution in [3.8, 4) is 6.01 Å². The van der Waals surface area contributed by atoms with E-state index in [0.29, 0.717) is 32.1 Å². The van der Waals surface area contributed by atoms with Gasteiger partial charge in [0, 0.05) is 6.20 Å².